The fourth-order valence-corrected chi connectivity index (χ4v) is 5.07. The van der Waals surface area contributed by atoms with Crippen LogP contribution >= 0.6 is 11.8 Å². The minimum Gasteiger partial charge on any atom is -0.379 e. The first kappa shape index (κ1) is 24.3. The Morgan fingerprint density at radius 2 is 2.00 bits per heavy atom. The molecular weight excluding hydrogens is 448 g/mol. The van der Waals surface area contributed by atoms with E-state index >= 15 is 0 Å². The highest BCUT2D eigenvalue weighted by molar-refractivity contribution is 8.11. The zero-order valence-corrected chi connectivity index (χ0v) is 20.8. The second kappa shape index (κ2) is 11.1. The third kappa shape index (κ3) is 5.80. The van der Waals surface area contributed by atoms with Gasteiger partial charge in [-0.15, -0.1) is 0 Å². The normalized spacial score (nSPS) is 24.6. The average Bonchev–Trinajstić information content (AvgIpc) is 3.09. The van der Waals surface area contributed by atoms with Crippen LogP contribution in [0.2, 0.25) is 0 Å². The minimum atomic E-state index is -0.214. The molecule has 0 saturated carbocycles. The molecule has 2 atom stereocenters. The van der Waals surface area contributed by atoms with Gasteiger partial charge in [0.05, 0.1) is 24.5 Å². The highest BCUT2D eigenvalue weighted by Gasteiger charge is 2.25. The monoisotopic (exact) mass is 480 g/mol. The maximum absolute atomic E-state index is 13.4. The van der Waals surface area contributed by atoms with Gasteiger partial charge in [-0.1, -0.05) is 30.8 Å². The second-order valence-corrected chi connectivity index (χ2v) is 9.83. The predicted molar refractivity (Wildman–Crippen MR) is 135 cm³/mol. The van der Waals surface area contributed by atoms with Crippen molar-refractivity contribution in [1.29, 1.82) is 0 Å². The lowest BCUT2D eigenvalue weighted by Crippen LogP contribution is -2.35. The molecule has 4 bridgehead atoms. The van der Waals surface area contributed by atoms with E-state index in [1.165, 1.54) is 0 Å². The van der Waals surface area contributed by atoms with Crippen LogP contribution in [0.4, 0.5) is 0 Å². The molecule has 0 saturated heterocycles. The molecule has 7 nitrogen and oxygen atoms in total. The lowest BCUT2D eigenvalue weighted by Gasteiger charge is -2.22. The molecule has 1 aromatic rings. The average molecular weight is 481 g/mol. The lowest BCUT2D eigenvalue weighted by molar-refractivity contribution is -0.117. The Balaban J connectivity index is 1.67. The molecule has 3 aliphatic rings. The molecule has 4 heterocycles. The van der Waals surface area contributed by atoms with Crippen LogP contribution in [0.15, 0.2) is 58.9 Å². The van der Waals surface area contributed by atoms with Gasteiger partial charge in [0.2, 0.25) is 0 Å². The summed E-state index contributed by atoms with van der Waals surface area (Å²) in [7, 11) is 1.96. The van der Waals surface area contributed by atoms with Crippen molar-refractivity contribution < 1.29 is 14.3 Å². The fourth-order valence-electron chi connectivity index (χ4n) is 4.02. The van der Waals surface area contributed by atoms with E-state index in [9.17, 15) is 9.59 Å². The van der Waals surface area contributed by atoms with Gasteiger partial charge < -0.3 is 20.3 Å². The van der Waals surface area contributed by atoms with Gasteiger partial charge in [-0.05, 0) is 48.8 Å². The number of thioether (sulfide) groups is 1. The van der Waals surface area contributed by atoms with E-state index in [-0.39, 0.29) is 23.8 Å². The summed E-state index contributed by atoms with van der Waals surface area (Å²) in [5, 5.41) is 7.91. The summed E-state index contributed by atoms with van der Waals surface area (Å²) < 4.78 is 5.74. The first-order valence-corrected chi connectivity index (χ1v) is 12.6. The van der Waals surface area contributed by atoms with Crippen molar-refractivity contribution in [2.45, 2.75) is 39.2 Å². The van der Waals surface area contributed by atoms with Crippen LogP contribution in [0.25, 0.3) is 4.91 Å². The number of rotatable bonds is 0. The van der Waals surface area contributed by atoms with Gasteiger partial charge in [-0.2, -0.15) is 0 Å². The van der Waals surface area contributed by atoms with Gasteiger partial charge in [0.1, 0.15) is 0 Å². The van der Waals surface area contributed by atoms with Gasteiger partial charge in [0, 0.05) is 54.6 Å². The molecule has 0 radical (unpaired) electrons. The fraction of sp³-hybridized carbons (Fsp3) is 0.423. The summed E-state index contributed by atoms with van der Waals surface area (Å²) in [5.74, 6) is -0.345. The van der Waals surface area contributed by atoms with Crippen molar-refractivity contribution in [2.24, 2.45) is 5.92 Å². The molecular formula is C26H32N4O3S. The van der Waals surface area contributed by atoms with Gasteiger partial charge in [0.25, 0.3) is 11.8 Å². The van der Waals surface area contributed by atoms with E-state index < -0.39 is 0 Å². The van der Waals surface area contributed by atoms with E-state index in [2.05, 4.69) is 41.6 Å². The van der Waals surface area contributed by atoms with Crippen molar-refractivity contribution in [3.63, 3.8) is 0 Å². The number of allylic oxidation sites excluding steroid dienone is 1. The maximum Gasteiger partial charge on any atom is 0.253 e. The SMILES string of the molecule is CC1CC=C2SC=C1C(=O)NC1=CN(C)C(C)CC=C1C(=O)NCCOCCc1cc2ccn1. The zero-order chi connectivity index (χ0) is 24.1. The summed E-state index contributed by atoms with van der Waals surface area (Å²) in [6.07, 6.45) is 9.93. The standard InChI is InChI=1S/C26H32N4O3S/c1-17-4-7-24-19-8-10-27-20(14-19)9-12-33-13-11-28-25(31)21-6-5-18(2)30(3)15-23(21)29-26(32)22(17)16-34-24/h6-8,10,14-18H,4-5,9,11-13H2,1-3H3,(H,28,31)(H,29,32). The van der Waals surface area contributed by atoms with Gasteiger partial charge >= 0.3 is 0 Å². The third-order valence-electron chi connectivity index (χ3n) is 6.37. The van der Waals surface area contributed by atoms with Crippen molar-refractivity contribution >= 4 is 28.5 Å². The molecule has 0 aliphatic carbocycles. The summed E-state index contributed by atoms with van der Waals surface area (Å²) in [6.45, 7) is 5.48. The molecule has 4 rings (SSSR count). The number of hydrogen-bond acceptors (Lipinski definition) is 6. The number of pyridine rings is 1. The number of carbonyl (C=O) groups is 2. The number of hydrogen-bond donors (Lipinski definition) is 2. The summed E-state index contributed by atoms with van der Waals surface area (Å²) in [5.41, 5.74) is 3.77. The van der Waals surface area contributed by atoms with Gasteiger partial charge in [0.15, 0.2) is 0 Å². The number of fused-ring (bicyclic) bond motifs is 6. The molecule has 2 unspecified atom stereocenters. The molecule has 8 heteroatoms. The Bertz CT molecular complexity index is 1080. The lowest BCUT2D eigenvalue weighted by atomic mass is 9.97. The topological polar surface area (TPSA) is 83.6 Å². The summed E-state index contributed by atoms with van der Waals surface area (Å²) in [4.78, 5) is 34.0. The second-order valence-electron chi connectivity index (χ2n) is 8.92. The molecule has 2 N–H and O–H groups in total. The maximum atomic E-state index is 13.4. The number of carbonyl (C=O) groups excluding carboxylic acids is 2. The Morgan fingerprint density at radius 1 is 1.15 bits per heavy atom. The largest absolute Gasteiger partial charge is 0.379 e. The van der Waals surface area contributed by atoms with Crippen LogP contribution in [-0.2, 0) is 20.7 Å². The van der Waals surface area contributed by atoms with Crippen LogP contribution in [0.1, 0.15) is 37.9 Å². The predicted octanol–water partition coefficient (Wildman–Crippen LogP) is 3.38. The number of nitrogens with zero attached hydrogens (tertiary/aromatic N) is 2. The highest BCUT2D eigenvalue weighted by Crippen LogP contribution is 2.36. The van der Waals surface area contributed by atoms with E-state index in [0.717, 1.165) is 22.6 Å². The van der Waals surface area contributed by atoms with Crippen LogP contribution in [-0.4, -0.2) is 54.5 Å². The molecule has 34 heavy (non-hydrogen) atoms. The van der Waals surface area contributed by atoms with Crippen LogP contribution in [0, 0.1) is 5.92 Å². The van der Waals surface area contributed by atoms with Crippen molar-refractivity contribution in [1.82, 2.24) is 20.5 Å². The molecule has 0 spiro atoms. The molecule has 3 aliphatic heterocycles. The molecule has 0 fully saturated rings. The van der Waals surface area contributed by atoms with Crippen molar-refractivity contribution in [3.8, 4) is 0 Å². The summed E-state index contributed by atoms with van der Waals surface area (Å²) >= 11 is 1.56. The van der Waals surface area contributed by atoms with Crippen LogP contribution < -0.4 is 10.6 Å². The van der Waals surface area contributed by atoms with E-state index in [1.807, 2.05) is 41.9 Å². The molecule has 0 aromatic carbocycles. The first-order valence-electron chi connectivity index (χ1n) is 11.8. The Hall–Kier alpha value is -2.84. The Labute approximate surface area is 205 Å². The van der Waals surface area contributed by atoms with Gasteiger partial charge in [-0.3, -0.25) is 14.6 Å². The Morgan fingerprint density at radius 3 is 2.85 bits per heavy atom. The number of nitrogens with one attached hydrogen (secondary N) is 2. The van der Waals surface area contributed by atoms with Crippen LogP contribution in [0.5, 0.6) is 0 Å². The molecule has 180 valence electrons. The van der Waals surface area contributed by atoms with Crippen molar-refractivity contribution in [3.05, 3.63) is 70.2 Å². The highest BCUT2D eigenvalue weighted by atomic mass is 32.2. The summed E-state index contributed by atoms with van der Waals surface area (Å²) in [6, 6.07) is 4.30. The van der Waals surface area contributed by atoms with Gasteiger partial charge in [-0.25, -0.2) is 0 Å². The minimum absolute atomic E-state index is 0.0473. The smallest absolute Gasteiger partial charge is 0.253 e. The first-order chi connectivity index (χ1) is 16.4. The molecule has 1 aromatic heterocycles. The van der Waals surface area contributed by atoms with E-state index in [1.54, 1.807) is 11.8 Å². The Kier molecular flexibility index (Phi) is 7.90. The number of ether oxygens (including phenoxy) is 1. The van der Waals surface area contributed by atoms with Crippen LogP contribution in [0.3, 0.4) is 0 Å². The van der Waals surface area contributed by atoms with Crippen molar-refractivity contribution in [2.75, 3.05) is 26.8 Å². The quantitative estimate of drug-likeness (QED) is 0.592. The third-order valence-corrected chi connectivity index (χ3v) is 7.40. The van der Waals surface area contributed by atoms with E-state index in [4.69, 9.17) is 4.74 Å². The number of aromatic nitrogens is 1. The zero-order valence-electron chi connectivity index (χ0n) is 20.0. The molecule has 2 amide bonds. The number of amides is 2. The van der Waals surface area contributed by atoms with E-state index in [0.29, 0.717) is 49.4 Å².